The van der Waals surface area contributed by atoms with E-state index in [2.05, 4.69) is 6.92 Å². The van der Waals surface area contributed by atoms with Crippen molar-refractivity contribution in [2.24, 2.45) is 5.92 Å². The van der Waals surface area contributed by atoms with Gasteiger partial charge >= 0.3 is 0 Å². The van der Waals surface area contributed by atoms with Gasteiger partial charge in [0.15, 0.2) is 23.2 Å². The van der Waals surface area contributed by atoms with Gasteiger partial charge in [-0.05, 0) is 61.6 Å². The van der Waals surface area contributed by atoms with E-state index in [-0.39, 0.29) is 29.4 Å². The van der Waals surface area contributed by atoms with Gasteiger partial charge in [-0.2, -0.15) is 4.39 Å². The Hall–Kier alpha value is -2.04. The van der Waals surface area contributed by atoms with Crippen LogP contribution in [-0.4, -0.2) is 6.61 Å². The quantitative estimate of drug-likeness (QED) is 0.259. The second-order valence-corrected chi connectivity index (χ2v) is 8.98. The third-order valence-electron chi connectivity index (χ3n) is 6.71. The van der Waals surface area contributed by atoms with E-state index in [4.69, 9.17) is 4.74 Å². The van der Waals surface area contributed by atoms with E-state index in [1.165, 1.54) is 43.5 Å². The van der Waals surface area contributed by atoms with Crippen molar-refractivity contribution in [1.29, 1.82) is 0 Å². The molecule has 0 amide bonds. The smallest absolute Gasteiger partial charge is 0.201 e. The summed E-state index contributed by atoms with van der Waals surface area (Å²) >= 11 is 0. The van der Waals surface area contributed by atoms with E-state index in [1.54, 1.807) is 0 Å². The van der Waals surface area contributed by atoms with Crippen molar-refractivity contribution in [3.05, 3.63) is 53.1 Å². The molecular formula is C27H34F4O. The zero-order valence-electron chi connectivity index (χ0n) is 19.2. The van der Waals surface area contributed by atoms with Crippen LogP contribution in [0.5, 0.6) is 5.75 Å². The van der Waals surface area contributed by atoms with Gasteiger partial charge in [0.2, 0.25) is 5.82 Å². The molecule has 2 aromatic carbocycles. The maximum Gasteiger partial charge on any atom is 0.201 e. The molecule has 1 saturated carbocycles. The molecule has 3 rings (SSSR count). The van der Waals surface area contributed by atoms with Gasteiger partial charge in [-0.15, -0.1) is 0 Å². The van der Waals surface area contributed by atoms with Crippen LogP contribution in [-0.2, 0) is 0 Å². The Morgan fingerprint density at radius 3 is 2.00 bits per heavy atom. The number of rotatable bonds is 10. The van der Waals surface area contributed by atoms with Crippen molar-refractivity contribution in [2.45, 2.75) is 84.0 Å². The van der Waals surface area contributed by atoms with E-state index in [0.717, 1.165) is 44.9 Å². The normalized spacial score (nSPS) is 18.7. The van der Waals surface area contributed by atoms with Crippen LogP contribution in [0.15, 0.2) is 24.3 Å². The summed E-state index contributed by atoms with van der Waals surface area (Å²) in [5.74, 6) is -4.03. The average Bonchev–Trinajstić information content (AvgIpc) is 2.81. The Morgan fingerprint density at radius 1 is 0.719 bits per heavy atom. The Kier molecular flexibility index (Phi) is 9.01. The zero-order chi connectivity index (χ0) is 23.1. The largest absolute Gasteiger partial charge is 0.490 e. The zero-order valence-corrected chi connectivity index (χ0v) is 19.2. The summed E-state index contributed by atoms with van der Waals surface area (Å²) in [6.07, 6.45) is 9.93. The fraction of sp³-hybridized carbons (Fsp3) is 0.556. The van der Waals surface area contributed by atoms with Gasteiger partial charge in [0.05, 0.1) is 6.61 Å². The molecule has 176 valence electrons. The molecule has 0 N–H and O–H groups in total. The van der Waals surface area contributed by atoms with Crippen LogP contribution < -0.4 is 4.74 Å². The molecule has 0 atom stereocenters. The molecule has 0 radical (unpaired) electrons. The maximum atomic E-state index is 15.0. The van der Waals surface area contributed by atoms with Crippen LogP contribution in [0.3, 0.4) is 0 Å². The average molecular weight is 451 g/mol. The lowest BCUT2D eigenvalue weighted by Crippen LogP contribution is -2.15. The molecule has 0 aromatic heterocycles. The highest BCUT2D eigenvalue weighted by Gasteiger charge is 2.27. The lowest BCUT2D eigenvalue weighted by Gasteiger charge is -2.29. The minimum atomic E-state index is -1.22. The Morgan fingerprint density at radius 2 is 1.34 bits per heavy atom. The lowest BCUT2D eigenvalue weighted by molar-refractivity contribution is 0.286. The third-order valence-corrected chi connectivity index (χ3v) is 6.71. The minimum absolute atomic E-state index is 0.0306. The molecule has 0 aliphatic heterocycles. The van der Waals surface area contributed by atoms with Crippen molar-refractivity contribution < 1.29 is 22.3 Å². The summed E-state index contributed by atoms with van der Waals surface area (Å²) in [5.41, 5.74) is -0.219. The van der Waals surface area contributed by atoms with Gasteiger partial charge in [0.25, 0.3) is 0 Å². The van der Waals surface area contributed by atoms with Crippen molar-refractivity contribution in [3.63, 3.8) is 0 Å². The molecule has 5 heteroatoms. The van der Waals surface area contributed by atoms with E-state index in [1.807, 2.05) is 6.92 Å². The molecule has 1 fully saturated rings. The monoisotopic (exact) mass is 450 g/mol. The summed E-state index contributed by atoms with van der Waals surface area (Å²) in [6.45, 7) is 4.49. The van der Waals surface area contributed by atoms with Crippen molar-refractivity contribution >= 4 is 0 Å². The highest BCUT2D eigenvalue weighted by Crippen LogP contribution is 2.41. The van der Waals surface area contributed by atoms with Crippen LogP contribution in [0.2, 0.25) is 0 Å². The van der Waals surface area contributed by atoms with E-state index in [0.29, 0.717) is 11.5 Å². The highest BCUT2D eigenvalue weighted by atomic mass is 19.2. The van der Waals surface area contributed by atoms with Gasteiger partial charge in [-0.1, -0.05) is 58.1 Å². The summed E-state index contributed by atoms with van der Waals surface area (Å²) in [6, 6.07) is 5.44. The molecule has 1 aliphatic rings. The molecule has 0 heterocycles. The maximum absolute atomic E-state index is 15.0. The van der Waals surface area contributed by atoms with Gasteiger partial charge in [0.1, 0.15) is 0 Å². The lowest BCUT2D eigenvalue weighted by atomic mass is 9.76. The first-order chi connectivity index (χ1) is 15.5. The van der Waals surface area contributed by atoms with Crippen molar-refractivity contribution in [2.75, 3.05) is 6.61 Å². The van der Waals surface area contributed by atoms with E-state index < -0.39 is 23.3 Å². The fourth-order valence-corrected chi connectivity index (χ4v) is 4.73. The van der Waals surface area contributed by atoms with Crippen LogP contribution in [0, 0.1) is 29.2 Å². The number of hydrogen-bond acceptors (Lipinski definition) is 1. The van der Waals surface area contributed by atoms with Crippen molar-refractivity contribution in [1.82, 2.24) is 0 Å². The molecule has 1 nitrogen and oxygen atoms in total. The predicted octanol–water partition coefficient (Wildman–Crippen LogP) is 8.94. The Balaban J connectivity index is 1.76. The van der Waals surface area contributed by atoms with Gasteiger partial charge in [0, 0.05) is 11.1 Å². The van der Waals surface area contributed by atoms with Crippen LogP contribution in [0.1, 0.15) is 89.5 Å². The highest BCUT2D eigenvalue weighted by molar-refractivity contribution is 5.66. The van der Waals surface area contributed by atoms with E-state index >= 15 is 0 Å². The second kappa shape index (κ2) is 11.7. The standard InChI is InChI=1S/C27H34F4O/c1-3-5-7-17-32-23-16-15-22(26(30)27(23)31)21-14-13-20(24(28)25(21)29)19-11-9-18(10-12-19)8-6-4-2/h13-16,18-19H,3-12,17H2,1-2H3. The first-order valence-electron chi connectivity index (χ1n) is 12.1. The second-order valence-electron chi connectivity index (χ2n) is 8.98. The molecule has 2 aromatic rings. The molecule has 0 saturated heterocycles. The molecule has 0 unspecified atom stereocenters. The third kappa shape index (κ3) is 5.65. The van der Waals surface area contributed by atoms with Crippen molar-refractivity contribution in [3.8, 4) is 16.9 Å². The molecule has 32 heavy (non-hydrogen) atoms. The first kappa shape index (κ1) is 24.6. The number of unbranched alkanes of at least 4 members (excludes halogenated alkanes) is 3. The summed E-state index contributed by atoms with van der Waals surface area (Å²) < 4.78 is 64.4. The van der Waals surface area contributed by atoms with Gasteiger partial charge < -0.3 is 4.74 Å². The Bertz CT molecular complexity index is 888. The number of benzene rings is 2. The fourth-order valence-electron chi connectivity index (χ4n) is 4.73. The first-order valence-corrected chi connectivity index (χ1v) is 12.1. The summed E-state index contributed by atoms with van der Waals surface area (Å²) in [4.78, 5) is 0. The summed E-state index contributed by atoms with van der Waals surface area (Å²) in [7, 11) is 0. The van der Waals surface area contributed by atoms with Crippen LogP contribution >= 0.6 is 0 Å². The predicted molar refractivity (Wildman–Crippen MR) is 121 cm³/mol. The van der Waals surface area contributed by atoms with Gasteiger partial charge in [-0.3, -0.25) is 0 Å². The summed E-state index contributed by atoms with van der Waals surface area (Å²) in [5, 5.41) is 0. The van der Waals surface area contributed by atoms with Crippen LogP contribution in [0.25, 0.3) is 11.1 Å². The molecular weight excluding hydrogens is 416 g/mol. The molecule has 0 bridgehead atoms. The molecule has 0 spiro atoms. The van der Waals surface area contributed by atoms with Crippen LogP contribution in [0.4, 0.5) is 17.6 Å². The Labute approximate surface area is 189 Å². The minimum Gasteiger partial charge on any atom is -0.490 e. The van der Waals surface area contributed by atoms with Gasteiger partial charge in [-0.25, -0.2) is 13.2 Å². The molecule has 1 aliphatic carbocycles. The number of halogens is 4. The topological polar surface area (TPSA) is 9.23 Å². The SMILES string of the molecule is CCCCCOc1ccc(-c2ccc(C3CCC(CCCC)CC3)c(F)c2F)c(F)c1F. The number of ether oxygens (including phenoxy) is 1. The van der Waals surface area contributed by atoms with E-state index in [9.17, 15) is 17.6 Å². The number of hydrogen-bond donors (Lipinski definition) is 0.